The predicted molar refractivity (Wildman–Crippen MR) is 100 cm³/mol. The first-order chi connectivity index (χ1) is 11.4. The highest BCUT2D eigenvalue weighted by atomic mass is 31.1. The summed E-state index contributed by atoms with van der Waals surface area (Å²) in [5.74, 6) is 0. The van der Waals surface area contributed by atoms with Gasteiger partial charge >= 0.3 is 0 Å². The lowest BCUT2D eigenvalue weighted by atomic mass is 10.1. The number of allylic oxidation sites excluding steroid dienone is 1. The van der Waals surface area contributed by atoms with E-state index in [1.807, 2.05) is 24.3 Å². The molecule has 3 aromatic carbocycles. The molecule has 0 bridgehead atoms. The number of hydrogen-bond donors (Lipinski definition) is 1. The van der Waals surface area contributed by atoms with Crippen molar-refractivity contribution >= 4 is 18.5 Å². The van der Waals surface area contributed by atoms with Gasteiger partial charge in [0.25, 0.3) is 0 Å². The van der Waals surface area contributed by atoms with Gasteiger partial charge in [-0.05, 0) is 30.2 Å². The number of aliphatic hydroxyl groups is 1. The average Bonchev–Trinajstić information content (AvgIpc) is 2.64. The molecule has 0 aliphatic rings. The minimum atomic E-state index is -0.643. The molecule has 23 heavy (non-hydrogen) atoms. The van der Waals surface area contributed by atoms with Gasteiger partial charge in [0.2, 0.25) is 0 Å². The van der Waals surface area contributed by atoms with Crippen molar-refractivity contribution in [3.8, 4) is 0 Å². The van der Waals surface area contributed by atoms with Crippen LogP contribution in [0.2, 0.25) is 0 Å². The van der Waals surface area contributed by atoms with Crippen LogP contribution in [-0.2, 0) is 0 Å². The van der Waals surface area contributed by atoms with E-state index >= 15 is 0 Å². The highest BCUT2D eigenvalue weighted by Gasteiger charge is 2.24. The zero-order chi connectivity index (χ0) is 15.9. The molecule has 0 heterocycles. The number of benzene rings is 3. The molecule has 2 heteroatoms. The Bertz CT molecular complexity index is 699. The maximum absolute atomic E-state index is 9.47. The first-order valence-corrected chi connectivity index (χ1v) is 9.06. The zero-order valence-corrected chi connectivity index (χ0v) is 13.7. The molecule has 1 N–H and O–H groups in total. The standard InChI is InChI=1S/C21H19OP/c22-17-16-21(18-10-4-1-5-11-18)23(19-12-6-2-7-13-19)20-14-8-3-9-15-20/h1-17,21-22H/b17-16+. The maximum atomic E-state index is 9.47. The number of aliphatic hydroxyl groups excluding tert-OH is 1. The quantitative estimate of drug-likeness (QED) is 0.522. The van der Waals surface area contributed by atoms with Gasteiger partial charge in [0.15, 0.2) is 0 Å². The molecule has 1 unspecified atom stereocenters. The molecule has 1 atom stereocenters. The molecule has 0 radical (unpaired) electrons. The lowest BCUT2D eigenvalue weighted by Crippen LogP contribution is -2.16. The van der Waals surface area contributed by atoms with Crippen molar-refractivity contribution in [2.45, 2.75) is 5.66 Å². The van der Waals surface area contributed by atoms with Crippen LogP contribution < -0.4 is 10.6 Å². The van der Waals surface area contributed by atoms with Crippen LogP contribution in [-0.4, -0.2) is 5.11 Å². The SMILES string of the molecule is O/C=C/C(c1ccccc1)P(c1ccccc1)c1ccccc1. The fourth-order valence-corrected chi connectivity index (χ4v) is 5.37. The second-order valence-corrected chi connectivity index (χ2v) is 7.57. The Kier molecular flexibility index (Phi) is 5.24. The van der Waals surface area contributed by atoms with Crippen molar-refractivity contribution in [3.05, 3.63) is 109 Å². The second kappa shape index (κ2) is 7.76. The van der Waals surface area contributed by atoms with Gasteiger partial charge in [-0.2, -0.15) is 0 Å². The summed E-state index contributed by atoms with van der Waals surface area (Å²) in [6.07, 6.45) is 3.08. The monoisotopic (exact) mass is 318 g/mol. The van der Waals surface area contributed by atoms with Crippen molar-refractivity contribution in [1.82, 2.24) is 0 Å². The van der Waals surface area contributed by atoms with E-state index in [2.05, 4.69) is 72.8 Å². The summed E-state index contributed by atoms with van der Waals surface area (Å²) in [6.45, 7) is 0. The molecule has 0 amide bonds. The third kappa shape index (κ3) is 3.70. The van der Waals surface area contributed by atoms with Crippen LogP contribution in [0, 0.1) is 0 Å². The molecule has 0 aliphatic heterocycles. The number of rotatable bonds is 5. The van der Waals surface area contributed by atoms with Crippen LogP contribution in [0.4, 0.5) is 0 Å². The molecule has 0 fully saturated rings. The van der Waals surface area contributed by atoms with Crippen molar-refractivity contribution in [2.75, 3.05) is 0 Å². The Morgan fingerprint density at radius 2 is 1.09 bits per heavy atom. The van der Waals surface area contributed by atoms with Gasteiger partial charge in [-0.25, -0.2) is 0 Å². The van der Waals surface area contributed by atoms with E-state index < -0.39 is 7.92 Å². The van der Waals surface area contributed by atoms with Gasteiger partial charge in [0, 0.05) is 5.66 Å². The van der Waals surface area contributed by atoms with Gasteiger partial charge in [0.05, 0.1) is 6.26 Å². The lowest BCUT2D eigenvalue weighted by molar-refractivity contribution is 0.471. The van der Waals surface area contributed by atoms with Gasteiger partial charge in [-0.1, -0.05) is 91.0 Å². The van der Waals surface area contributed by atoms with Crippen molar-refractivity contribution < 1.29 is 5.11 Å². The molecule has 3 aromatic rings. The Labute approximate surface area is 138 Å². The summed E-state index contributed by atoms with van der Waals surface area (Å²) in [4.78, 5) is 0. The summed E-state index contributed by atoms with van der Waals surface area (Å²) < 4.78 is 0. The van der Waals surface area contributed by atoms with Gasteiger partial charge < -0.3 is 5.11 Å². The van der Waals surface area contributed by atoms with E-state index in [0.717, 1.165) is 0 Å². The van der Waals surface area contributed by atoms with Crippen molar-refractivity contribution in [3.63, 3.8) is 0 Å². The summed E-state index contributed by atoms with van der Waals surface area (Å²) in [7, 11) is -0.643. The third-order valence-corrected chi connectivity index (χ3v) is 6.49. The molecule has 0 aliphatic carbocycles. The van der Waals surface area contributed by atoms with Crippen LogP contribution in [0.1, 0.15) is 11.2 Å². The fourth-order valence-electron chi connectivity index (χ4n) is 2.73. The average molecular weight is 318 g/mol. The smallest absolute Gasteiger partial charge is 0.0761 e. The predicted octanol–water partition coefficient (Wildman–Crippen LogP) is 4.93. The summed E-state index contributed by atoms with van der Waals surface area (Å²) in [5, 5.41) is 12.1. The van der Waals surface area contributed by atoms with Crippen molar-refractivity contribution in [2.24, 2.45) is 0 Å². The van der Waals surface area contributed by atoms with Crippen LogP contribution >= 0.6 is 7.92 Å². The Hall–Kier alpha value is -2.37. The first-order valence-electron chi connectivity index (χ1n) is 7.65. The lowest BCUT2D eigenvalue weighted by Gasteiger charge is -2.26. The van der Waals surface area contributed by atoms with Crippen LogP contribution in [0.5, 0.6) is 0 Å². The van der Waals surface area contributed by atoms with E-state index in [1.54, 1.807) is 0 Å². The van der Waals surface area contributed by atoms with Crippen LogP contribution in [0.3, 0.4) is 0 Å². The third-order valence-electron chi connectivity index (χ3n) is 3.76. The molecular formula is C21H19OP. The van der Waals surface area contributed by atoms with Gasteiger partial charge in [-0.15, -0.1) is 0 Å². The highest BCUT2D eigenvalue weighted by Crippen LogP contribution is 2.50. The molecule has 114 valence electrons. The summed E-state index contributed by atoms with van der Waals surface area (Å²) in [6, 6.07) is 31.5. The molecule has 1 nitrogen and oxygen atoms in total. The minimum Gasteiger partial charge on any atom is -0.516 e. The summed E-state index contributed by atoms with van der Waals surface area (Å²) >= 11 is 0. The molecule has 3 rings (SSSR count). The van der Waals surface area contributed by atoms with E-state index in [4.69, 9.17) is 0 Å². The van der Waals surface area contributed by atoms with E-state index in [0.29, 0.717) is 0 Å². The molecule has 0 spiro atoms. The maximum Gasteiger partial charge on any atom is 0.0761 e. The van der Waals surface area contributed by atoms with Gasteiger partial charge in [0.1, 0.15) is 0 Å². The Morgan fingerprint density at radius 3 is 1.52 bits per heavy atom. The Morgan fingerprint density at radius 1 is 0.652 bits per heavy atom. The van der Waals surface area contributed by atoms with E-state index in [-0.39, 0.29) is 5.66 Å². The van der Waals surface area contributed by atoms with Crippen molar-refractivity contribution in [1.29, 1.82) is 0 Å². The van der Waals surface area contributed by atoms with Gasteiger partial charge in [-0.3, -0.25) is 0 Å². The molecular weight excluding hydrogens is 299 g/mol. The molecule has 0 saturated heterocycles. The molecule has 0 aromatic heterocycles. The van der Waals surface area contributed by atoms with Crippen LogP contribution in [0.25, 0.3) is 0 Å². The minimum absolute atomic E-state index is 0.140. The second-order valence-electron chi connectivity index (χ2n) is 5.24. The normalized spacial score (nSPS) is 12.6. The Balaban J connectivity index is 2.13. The molecule has 0 saturated carbocycles. The van der Waals surface area contributed by atoms with E-state index in [1.165, 1.54) is 22.4 Å². The van der Waals surface area contributed by atoms with E-state index in [9.17, 15) is 5.11 Å². The largest absolute Gasteiger partial charge is 0.516 e. The van der Waals surface area contributed by atoms with Crippen LogP contribution in [0.15, 0.2) is 103 Å². The summed E-state index contributed by atoms with van der Waals surface area (Å²) in [5.41, 5.74) is 1.36. The number of hydrogen-bond acceptors (Lipinski definition) is 1. The zero-order valence-electron chi connectivity index (χ0n) is 12.8. The fraction of sp³-hybridized carbons (Fsp3) is 0.0476. The topological polar surface area (TPSA) is 20.2 Å². The highest BCUT2D eigenvalue weighted by molar-refractivity contribution is 7.73. The first kappa shape index (κ1) is 15.5.